The minimum absolute atomic E-state index is 0.0406. The third kappa shape index (κ3) is 4.63. The fourth-order valence-electron chi connectivity index (χ4n) is 3.14. The molecule has 0 aromatic heterocycles. The van der Waals surface area contributed by atoms with E-state index in [0.717, 1.165) is 23.8 Å². The van der Waals surface area contributed by atoms with Crippen molar-refractivity contribution < 1.29 is 32.2 Å². The number of nitrogens with two attached hydrogens (primary N) is 1. The number of carbonyl (C=O) groups excluding carboxylic acids is 1. The summed E-state index contributed by atoms with van der Waals surface area (Å²) in [6, 6.07) is 7.60. The SMILES string of the molecule is CCOc1cc2c(cc1COC(=O)c1ccc(OC)c(S(N)(=O)=O)c1)OC(C)C2. The molecule has 0 aliphatic carbocycles. The highest BCUT2D eigenvalue weighted by molar-refractivity contribution is 7.89. The van der Waals surface area contributed by atoms with Gasteiger partial charge in [0.25, 0.3) is 0 Å². The normalized spacial score (nSPS) is 15.4. The molecule has 9 heteroatoms. The quantitative estimate of drug-likeness (QED) is 0.683. The zero-order valence-corrected chi connectivity index (χ0v) is 17.2. The van der Waals surface area contributed by atoms with Crippen molar-refractivity contribution in [2.45, 2.75) is 37.9 Å². The molecule has 1 unspecified atom stereocenters. The van der Waals surface area contributed by atoms with Gasteiger partial charge >= 0.3 is 5.97 Å². The Morgan fingerprint density at radius 2 is 2.00 bits per heavy atom. The number of esters is 1. The standard InChI is InChI=1S/C20H23NO7S/c1-4-26-17-8-14-7-12(2)28-18(14)9-15(17)11-27-20(22)13-5-6-16(25-3)19(10-13)29(21,23)24/h5-6,8-10,12H,4,7,11H2,1-3H3,(H2,21,23,24). The van der Waals surface area contributed by atoms with Crippen LogP contribution < -0.4 is 19.3 Å². The van der Waals surface area contributed by atoms with Crippen LogP contribution in [0.25, 0.3) is 0 Å². The van der Waals surface area contributed by atoms with Gasteiger partial charge in [-0.15, -0.1) is 0 Å². The van der Waals surface area contributed by atoms with Crippen LogP contribution in [-0.2, 0) is 27.8 Å². The average molecular weight is 421 g/mol. The van der Waals surface area contributed by atoms with Gasteiger partial charge in [0.15, 0.2) is 0 Å². The van der Waals surface area contributed by atoms with Crippen molar-refractivity contribution in [2.24, 2.45) is 5.14 Å². The second-order valence-corrected chi connectivity index (χ2v) is 8.15. The third-order valence-corrected chi connectivity index (χ3v) is 5.38. The van der Waals surface area contributed by atoms with Gasteiger partial charge in [-0.2, -0.15) is 0 Å². The molecule has 0 saturated heterocycles. The van der Waals surface area contributed by atoms with Crippen LogP contribution >= 0.6 is 0 Å². The predicted octanol–water partition coefficient (Wildman–Crippen LogP) is 2.42. The first kappa shape index (κ1) is 20.9. The molecule has 2 aromatic carbocycles. The molecule has 0 amide bonds. The number of benzene rings is 2. The second-order valence-electron chi connectivity index (χ2n) is 6.62. The topological polar surface area (TPSA) is 114 Å². The van der Waals surface area contributed by atoms with Gasteiger partial charge in [-0.1, -0.05) is 0 Å². The summed E-state index contributed by atoms with van der Waals surface area (Å²) in [5.41, 5.74) is 1.75. The Morgan fingerprint density at radius 3 is 2.66 bits per heavy atom. The van der Waals surface area contributed by atoms with Crippen LogP contribution in [0.15, 0.2) is 35.2 Å². The molecule has 156 valence electrons. The smallest absolute Gasteiger partial charge is 0.338 e. The summed E-state index contributed by atoms with van der Waals surface area (Å²) in [5.74, 6) is 0.715. The van der Waals surface area contributed by atoms with Gasteiger partial charge in [-0.05, 0) is 44.2 Å². The molecule has 1 aliphatic heterocycles. The van der Waals surface area contributed by atoms with E-state index in [0.29, 0.717) is 17.9 Å². The second kappa shape index (κ2) is 8.30. The maximum Gasteiger partial charge on any atom is 0.338 e. The lowest BCUT2D eigenvalue weighted by molar-refractivity contribution is 0.0469. The number of rotatable bonds is 7. The number of fused-ring (bicyclic) bond motifs is 1. The Bertz CT molecular complexity index is 1030. The number of methoxy groups -OCH3 is 1. The monoisotopic (exact) mass is 421 g/mol. The van der Waals surface area contributed by atoms with E-state index < -0.39 is 16.0 Å². The van der Waals surface area contributed by atoms with E-state index in [9.17, 15) is 13.2 Å². The minimum Gasteiger partial charge on any atom is -0.495 e. The van der Waals surface area contributed by atoms with Crippen molar-refractivity contribution in [1.29, 1.82) is 0 Å². The Morgan fingerprint density at radius 1 is 1.24 bits per heavy atom. The molecule has 0 radical (unpaired) electrons. The van der Waals surface area contributed by atoms with E-state index in [1.807, 2.05) is 19.9 Å². The predicted molar refractivity (Wildman–Crippen MR) is 105 cm³/mol. The highest BCUT2D eigenvalue weighted by Gasteiger charge is 2.23. The van der Waals surface area contributed by atoms with E-state index in [4.69, 9.17) is 24.1 Å². The van der Waals surface area contributed by atoms with Gasteiger partial charge in [0, 0.05) is 17.5 Å². The van der Waals surface area contributed by atoms with Crippen LogP contribution in [0.1, 0.15) is 35.3 Å². The van der Waals surface area contributed by atoms with Crippen molar-refractivity contribution in [1.82, 2.24) is 0 Å². The van der Waals surface area contributed by atoms with E-state index in [-0.39, 0.29) is 28.9 Å². The van der Waals surface area contributed by atoms with Gasteiger partial charge in [0.2, 0.25) is 10.0 Å². The highest BCUT2D eigenvalue weighted by Crippen LogP contribution is 2.35. The summed E-state index contributed by atoms with van der Waals surface area (Å²) in [4.78, 5) is 12.2. The Hall–Kier alpha value is -2.78. The molecule has 2 aromatic rings. The molecule has 1 atom stereocenters. The molecular weight excluding hydrogens is 398 g/mol. The first-order valence-electron chi connectivity index (χ1n) is 9.06. The summed E-state index contributed by atoms with van der Waals surface area (Å²) >= 11 is 0. The molecule has 1 aliphatic rings. The lowest BCUT2D eigenvalue weighted by Gasteiger charge is -2.13. The molecule has 3 rings (SSSR count). The summed E-state index contributed by atoms with van der Waals surface area (Å²) in [6.07, 6.45) is 0.866. The minimum atomic E-state index is -4.06. The summed E-state index contributed by atoms with van der Waals surface area (Å²) < 4.78 is 45.3. The first-order valence-corrected chi connectivity index (χ1v) is 10.6. The third-order valence-electron chi connectivity index (χ3n) is 4.44. The van der Waals surface area contributed by atoms with Crippen molar-refractivity contribution in [2.75, 3.05) is 13.7 Å². The van der Waals surface area contributed by atoms with E-state index >= 15 is 0 Å². The van der Waals surface area contributed by atoms with Crippen LogP contribution in [0.2, 0.25) is 0 Å². The Labute approximate surface area is 169 Å². The molecule has 8 nitrogen and oxygen atoms in total. The summed E-state index contributed by atoms with van der Waals surface area (Å²) in [7, 11) is -2.75. The first-order chi connectivity index (χ1) is 13.7. The fraction of sp³-hybridized carbons (Fsp3) is 0.350. The number of carbonyl (C=O) groups is 1. The molecule has 0 fully saturated rings. The Balaban J connectivity index is 1.82. The van der Waals surface area contributed by atoms with Crippen molar-refractivity contribution in [3.8, 4) is 17.2 Å². The van der Waals surface area contributed by atoms with Gasteiger partial charge in [-0.3, -0.25) is 0 Å². The highest BCUT2D eigenvalue weighted by atomic mass is 32.2. The lowest BCUT2D eigenvalue weighted by atomic mass is 10.1. The van der Waals surface area contributed by atoms with Crippen LogP contribution in [0.4, 0.5) is 0 Å². The summed E-state index contributed by atoms with van der Waals surface area (Å²) in [6.45, 7) is 4.25. The van der Waals surface area contributed by atoms with Crippen molar-refractivity contribution in [3.05, 3.63) is 47.0 Å². The maximum absolute atomic E-state index is 12.5. The molecule has 0 spiro atoms. The maximum atomic E-state index is 12.5. The van der Waals surface area contributed by atoms with Gasteiger partial charge < -0.3 is 18.9 Å². The summed E-state index contributed by atoms with van der Waals surface area (Å²) in [5, 5.41) is 5.19. The number of ether oxygens (including phenoxy) is 4. The van der Waals surface area contributed by atoms with Crippen LogP contribution in [0.3, 0.4) is 0 Å². The van der Waals surface area contributed by atoms with Gasteiger partial charge in [0.1, 0.15) is 34.9 Å². The zero-order chi connectivity index (χ0) is 21.2. The largest absolute Gasteiger partial charge is 0.495 e. The van der Waals surface area contributed by atoms with Gasteiger partial charge in [-0.25, -0.2) is 18.4 Å². The van der Waals surface area contributed by atoms with Crippen molar-refractivity contribution >= 4 is 16.0 Å². The molecular formula is C20H23NO7S. The number of sulfonamides is 1. The zero-order valence-electron chi connectivity index (χ0n) is 16.4. The van der Waals surface area contributed by atoms with Crippen molar-refractivity contribution in [3.63, 3.8) is 0 Å². The molecule has 1 heterocycles. The number of primary sulfonamides is 1. The molecule has 0 bridgehead atoms. The lowest BCUT2D eigenvalue weighted by Crippen LogP contribution is -2.15. The van der Waals surface area contributed by atoms with E-state index in [1.54, 1.807) is 6.07 Å². The van der Waals surface area contributed by atoms with E-state index in [2.05, 4.69) is 0 Å². The van der Waals surface area contributed by atoms with E-state index in [1.165, 1.54) is 19.2 Å². The van der Waals surface area contributed by atoms with Crippen LogP contribution in [-0.4, -0.2) is 34.2 Å². The fourth-order valence-corrected chi connectivity index (χ4v) is 3.86. The molecule has 29 heavy (non-hydrogen) atoms. The molecule has 0 saturated carbocycles. The van der Waals surface area contributed by atoms with Crippen LogP contribution in [0.5, 0.6) is 17.2 Å². The van der Waals surface area contributed by atoms with Gasteiger partial charge in [0.05, 0.1) is 19.3 Å². The van der Waals surface area contributed by atoms with Crippen LogP contribution in [0, 0.1) is 0 Å². The average Bonchev–Trinajstić information content (AvgIpc) is 3.03. The number of hydrogen-bond donors (Lipinski definition) is 1. The number of hydrogen-bond acceptors (Lipinski definition) is 7. The Kier molecular flexibility index (Phi) is 5.99. The molecule has 2 N–H and O–H groups in total.